The highest BCUT2D eigenvalue weighted by molar-refractivity contribution is 5.81. The normalized spacial score (nSPS) is 18.7. The Kier molecular flexibility index (Phi) is 6.42. The first-order valence-electron chi connectivity index (χ1n) is 11.0. The lowest BCUT2D eigenvalue weighted by atomic mass is 9.72. The molecule has 31 heavy (non-hydrogen) atoms. The van der Waals surface area contributed by atoms with E-state index in [1.165, 1.54) is 30.5 Å². The maximum absolute atomic E-state index is 13.1. The molecule has 2 aliphatic heterocycles. The summed E-state index contributed by atoms with van der Waals surface area (Å²) in [6, 6.07) is 15.0. The van der Waals surface area contributed by atoms with Crippen LogP contribution in [-0.2, 0) is 13.0 Å². The molecule has 5 heteroatoms. The number of rotatable bonds is 6. The monoisotopic (exact) mass is 421 g/mol. The number of aliphatic imine (C=N–C) groups is 1. The summed E-state index contributed by atoms with van der Waals surface area (Å²) >= 11 is 0. The Morgan fingerprint density at radius 1 is 1.03 bits per heavy atom. The minimum atomic E-state index is -0.213. The number of hydrogen-bond acceptors (Lipinski definition) is 3. The van der Waals surface area contributed by atoms with Gasteiger partial charge in [0.1, 0.15) is 17.4 Å². The standard InChI is InChI=1S/C26H32FN3O/c1-20(16-22-4-8-24(27)9-5-22)28-21(2)30-18-26(19-30)12-14-29(15-13-26)17-23-6-10-25(31-3)11-7-23/h4-11H,1,12-19H2,2-3H3. The average Bonchev–Trinajstić information content (AvgIpc) is 2.75. The van der Waals surface area contributed by atoms with Crippen LogP contribution in [0.3, 0.4) is 0 Å². The Bertz CT molecular complexity index is 920. The molecule has 2 aromatic carbocycles. The van der Waals surface area contributed by atoms with Crippen molar-refractivity contribution in [1.82, 2.24) is 9.80 Å². The van der Waals surface area contributed by atoms with Crippen molar-refractivity contribution in [3.63, 3.8) is 0 Å². The van der Waals surface area contributed by atoms with Crippen LogP contribution < -0.4 is 4.74 Å². The zero-order valence-corrected chi connectivity index (χ0v) is 18.6. The van der Waals surface area contributed by atoms with E-state index in [0.717, 1.165) is 55.6 Å². The predicted molar refractivity (Wildman–Crippen MR) is 124 cm³/mol. The molecule has 4 rings (SSSR count). The number of methoxy groups -OCH3 is 1. The molecule has 0 aromatic heterocycles. The highest BCUT2D eigenvalue weighted by Gasteiger charge is 2.45. The van der Waals surface area contributed by atoms with Gasteiger partial charge in [-0.25, -0.2) is 9.38 Å². The van der Waals surface area contributed by atoms with Gasteiger partial charge in [0.05, 0.1) is 7.11 Å². The highest BCUT2D eigenvalue weighted by atomic mass is 19.1. The van der Waals surface area contributed by atoms with Crippen LogP contribution in [0.15, 0.2) is 65.8 Å². The van der Waals surface area contributed by atoms with Gasteiger partial charge in [0, 0.05) is 37.2 Å². The number of nitrogens with zero attached hydrogens (tertiary/aromatic N) is 3. The first-order chi connectivity index (χ1) is 14.9. The number of allylic oxidation sites excluding steroid dienone is 1. The van der Waals surface area contributed by atoms with Gasteiger partial charge >= 0.3 is 0 Å². The third kappa shape index (κ3) is 5.34. The topological polar surface area (TPSA) is 28.1 Å². The van der Waals surface area contributed by atoms with Crippen molar-refractivity contribution in [2.75, 3.05) is 33.3 Å². The summed E-state index contributed by atoms with van der Waals surface area (Å²) in [5, 5.41) is 0. The minimum absolute atomic E-state index is 0.213. The van der Waals surface area contributed by atoms with Crippen LogP contribution in [0.1, 0.15) is 30.9 Å². The summed E-state index contributed by atoms with van der Waals surface area (Å²) < 4.78 is 18.3. The van der Waals surface area contributed by atoms with Gasteiger partial charge in [0.25, 0.3) is 0 Å². The molecule has 0 radical (unpaired) electrons. The van der Waals surface area contributed by atoms with E-state index in [9.17, 15) is 4.39 Å². The van der Waals surface area contributed by atoms with Crippen molar-refractivity contribution in [1.29, 1.82) is 0 Å². The molecule has 2 heterocycles. The molecule has 164 valence electrons. The fourth-order valence-electron chi connectivity index (χ4n) is 4.66. The molecule has 0 amide bonds. The second-order valence-electron chi connectivity index (χ2n) is 9.01. The lowest BCUT2D eigenvalue weighted by Gasteiger charge is -2.55. The van der Waals surface area contributed by atoms with Crippen molar-refractivity contribution < 1.29 is 9.13 Å². The van der Waals surface area contributed by atoms with E-state index in [4.69, 9.17) is 9.73 Å². The van der Waals surface area contributed by atoms with Gasteiger partial charge in [-0.1, -0.05) is 30.8 Å². The van der Waals surface area contributed by atoms with Crippen molar-refractivity contribution in [3.05, 3.63) is 77.8 Å². The number of benzene rings is 2. The summed E-state index contributed by atoms with van der Waals surface area (Å²) in [6.45, 7) is 11.6. The van der Waals surface area contributed by atoms with Crippen molar-refractivity contribution in [2.45, 2.75) is 32.7 Å². The molecule has 0 N–H and O–H groups in total. The van der Waals surface area contributed by atoms with Crippen LogP contribution >= 0.6 is 0 Å². The van der Waals surface area contributed by atoms with E-state index in [2.05, 4.69) is 35.4 Å². The van der Waals surface area contributed by atoms with Gasteiger partial charge in [-0.15, -0.1) is 0 Å². The Hall–Kier alpha value is -2.66. The van der Waals surface area contributed by atoms with Crippen LogP contribution in [0.4, 0.5) is 4.39 Å². The average molecular weight is 422 g/mol. The van der Waals surface area contributed by atoms with Crippen LogP contribution in [-0.4, -0.2) is 48.9 Å². The first-order valence-corrected chi connectivity index (χ1v) is 11.0. The van der Waals surface area contributed by atoms with Crippen molar-refractivity contribution >= 4 is 5.84 Å². The van der Waals surface area contributed by atoms with Crippen LogP contribution in [0.25, 0.3) is 0 Å². The SMILES string of the molecule is C=C(Cc1ccc(F)cc1)N=C(C)N1CC2(CCN(Cc3ccc(OC)cc3)CC2)C1. The maximum atomic E-state index is 13.1. The van der Waals surface area contributed by atoms with Gasteiger partial charge in [-0.05, 0) is 68.2 Å². The predicted octanol–water partition coefficient (Wildman–Crippen LogP) is 4.91. The summed E-state index contributed by atoms with van der Waals surface area (Å²) in [7, 11) is 1.70. The number of halogens is 1. The van der Waals surface area contributed by atoms with Crippen molar-refractivity contribution in [2.24, 2.45) is 10.4 Å². The summed E-state index contributed by atoms with van der Waals surface area (Å²) in [6.07, 6.45) is 3.13. The van der Waals surface area contributed by atoms with Crippen LogP contribution in [0.2, 0.25) is 0 Å². The van der Waals surface area contributed by atoms with Gasteiger partial charge in [-0.2, -0.15) is 0 Å². The van der Waals surface area contributed by atoms with Crippen LogP contribution in [0.5, 0.6) is 5.75 Å². The Labute approximate surface area is 185 Å². The second kappa shape index (κ2) is 9.23. The van der Waals surface area contributed by atoms with Crippen LogP contribution in [0, 0.1) is 11.2 Å². The Morgan fingerprint density at radius 3 is 2.26 bits per heavy atom. The van der Waals surface area contributed by atoms with Gasteiger partial charge in [0.15, 0.2) is 0 Å². The molecule has 2 saturated heterocycles. The first kappa shape index (κ1) is 21.6. The van der Waals surface area contributed by atoms with E-state index in [1.54, 1.807) is 19.2 Å². The van der Waals surface area contributed by atoms with E-state index in [-0.39, 0.29) is 5.82 Å². The third-order valence-electron chi connectivity index (χ3n) is 6.63. The smallest absolute Gasteiger partial charge is 0.123 e. The molecule has 2 fully saturated rings. The molecule has 2 aromatic rings. The number of hydrogen-bond donors (Lipinski definition) is 0. The molecule has 0 atom stereocenters. The zero-order chi connectivity index (χ0) is 21.8. The van der Waals surface area contributed by atoms with Gasteiger partial charge in [0.2, 0.25) is 0 Å². The van der Waals surface area contributed by atoms with E-state index < -0.39 is 0 Å². The largest absolute Gasteiger partial charge is 0.497 e. The number of piperidine rings is 1. The number of amidine groups is 1. The van der Waals surface area contributed by atoms with Gasteiger partial charge in [-0.3, -0.25) is 4.90 Å². The summed E-state index contributed by atoms with van der Waals surface area (Å²) in [5.41, 5.74) is 3.63. The lowest BCUT2D eigenvalue weighted by Crippen LogP contribution is -2.61. The molecule has 0 unspecified atom stereocenters. The maximum Gasteiger partial charge on any atom is 0.123 e. The zero-order valence-electron chi connectivity index (χ0n) is 18.6. The molecule has 4 nitrogen and oxygen atoms in total. The molecular weight excluding hydrogens is 389 g/mol. The fraction of sp³-hybridized carbons (Fsp3) is 0.423. The summed E-state index contributed by atoms with van der Waals surface area (Å²) in [5.74, 6) is 1.74. The van der Waals surface area contributed by atoms with E-state index in [1.807, 2.05) is 12.1 Å². The molecule has 2 aliphatic rings. The Morgan fingerprint density at radius 2 is 1.65 bits per heavy atom. The van der Waals surface area contributed by atoms with Crippen molar-refractivity contribution in [3.8, 4) is 5.75 Å². The minimum Gasteiger partial charge on any atom is -0.497 e. The summed E-state index contributed by atoms with van der Waals surface area (Å²) in [4.78, 5) is 9.64. The number of ether oxygens (including phenoxy) is 1. The third-order valence-corrected chi connectivity index (χ3v) is 6.63. The second-order valence-corrected chi connectivity index (χ2v) is 9.01. The molecule has 0 saturated carbocycles. The highest BCUT2D eigenvalue weighted by Crippen LogP contribution is 2.41. The molecule has 0 aliphatic carbocycles. The quantitative estimate of drug-likeness (QED) is 0.490. The van der Waals surface area contributed by atoms with E-state index in [0.29, 0.717) is 11.8 Å². The van der Waals surface area contributed by atoms with Gasteiger partial charge < -0.3 is 9.64 Å². The molecule has 1 spiro atoms. The number of likely N-dealkylation sites (tertiary alicyclic amines) is 2. The molecular formula is C26H32FN3O. The lowest BCUT2D eigenvalue weighted by molar-refractivity contribution is -0.00935. The van der Waals surface area contributed by atoms with E-state index >= 15 is 0 Å². The molecule has 0 bridgehead atoms. The Balaban J connectivity index is 1.23. The fourth-order valence-corrected chi connectivity index (χ4v) is 4.66.